The molecule has 0 radical (unpaired) electrons. The molecule has 3 amide bonds. The molecule has 38 heavy (non-hydrogen) atoms. The highest BCUT2D eigenvalue weighted by Crippen LogP contribution is 2.31. The predicted molar refractivity (Wildman–Crippen MR) is 145 cm³/mol. The second kappa shape index (κ2) is 11.8. The van der Waals surface area contributed by atoms with Crippen LogP contribution >= 0.6 is 0 Å². The fraction of sp³-hybridized carbons (Fsp3) is 0.414. The number of ether oxygens (including phenoxy) is 1. The molecule has 0 aliphatic carbocycles. The first-order chi connectivity index (χ1) is 18.2. The van der Waals surface area contributed by atoms with Crippen LogP contribution in [0.2, 0.25) is 0 Å². The van der Waals surface area contributed by atoms with E-state index in [1.165, 1.54) is 0 Å². The number of nitrogens with zero attached hydrogens (tertiary/aromatic N) is 3. The minimum Gasteiger partial charge on any atom is -0.394 e. The van der Waals surface area contributed by atoms with Crippen LogP contribution in [-0.4, -0.2) is 70.9 Å². The van der Waals surface area contributed by atoms with Gasteiger partial charge in [-0.05, 0) is 43.5 Å². The summed E-state index contributed by atoms with van der Waals surface area (Å²) in [5.41, 5.74) is 4.45. The zero-order valence-corrected chi connectivity index (χ0v) is 22.6. The molecule has 1 aliphatic heterocycles. The maximum atomic E-state index is 13.9. The maximum Gasteiger partial charge on any atom is 0.321 e. The van der Waals surface area contributed by atoms with Crippen LogP contribution in [0.25, 0.3) is 11.1 Å². The number of carbonyl (C=O) groups is 2. The number of likely N-dealkylation sites (N-methyl/N-ethyl adjacent to an activating group) is 1. The van der Waals surface area contributed by atoms with Gasteiger partial charge in [-0.25, -0.2) is 4.79 Å². The molecule has 202 valence electrons. The number of aliphatic hydroxyl groups excluding tert-OH is 1. The number of aromatic nitrogens is 1. The quantitative estimate of drug-likeness (QED) is 0.514. The summed E-state index contributed by atoms with van der Waals surface area (Å²) in [5, 5.41) is 16.8. The van der Waals surface area contributed by atoms with Crippen LogP contribution in [0, 0.1) is 19.8 Å². The van der Waals surface area contributed by atoms with Crippen molar-refractivity contribution in [2.75, 3.05) is 32.1 Å². The molecule has 2 heterocycles. The summed E-state index contributed by atoms with van der Waals surface area (Å²) in [6.07, 6.45) is -0.383. The van der Waals surface area contributed by atoms with E-state index < -0.39 is 6.04 Å². The Morgan fingerprint density at radius 2 is 1.82 bits per heavy atom. The van der Waals surface area contributed by atoms with Gasteiger partial charge in [-0.2, -0.15) is 0 Å². The zero-order valence-electron chi connectivity index (χ0n) is 22.6. The molecule has 0 saturated carbocycles. The minimum absolute atomic E-state index is 0.139. The van der Waals surface area contributed by atoms with Crippen LogP contribution in [0.5, 0.6) is 0 Å². The SMILES string of the molecule is Cc1noc(C)c1NC(=O)N(C)C[C@@H]1OCc2ccccc2-c2ccccc2C(=O)N([C@H](C)CO)C[C@@H]1C. The van der Waals surface area contributed by atoms with E-state index in [9.17, 15) is 14.7 Å². The Balaban J connectivity index is 1.66. The van der Waals surface area contributed by atoms with Crippen LogP contribution in [0.15, 0.2) is 53.1 Å². The number of hydrogen-bond donors (Lipinski definition) is 2. The average molecular weight is 521 g/mol. The third kappa shape index (κ3) is 5.74. The number of nitrogens with one attached hydrogen (secondary N) is 1. The largest absolute Gasteiger partial charge is 0.394 e. The van der Waals surface area contributed by atoms with Gasteiger partial charge in [0.2, 0.25) is 0 Å². The van der Waals surface area contributed by atoms with Gasteiger partial charge in [0, 0.05) is 31.6 Å². The Bertz CT molecular complexity index is 1270. The van der Waals surface area contributed by atoms with Gasteiger partial charge < -0.3 is 29.5 Å². The van der Waals surface area contributed by atoms with Crippen molar-refractivity contribution in [3.05, 3.63) is 71.1 Å². The fourth-order valence-electron chi connectivity index (χ4n) is 4.77. The predicted octanol–water partition coefficient (Wildman–Crippen LogP) is 4.48. The smallest absolute Gasteiger partial charge is 0.321 e. The lowest BCUT2D eigenvalue weighted by Crippen LogP contribution is -2.48. The van der Waals surface area contributed by atoms with Gasteiger partial charge in [-0.15, -0.1) is 0 Å². The number of fused-ring (bicyclic) bond motifs is 3. The summed E-state index contributed by atoms with van der Waals surface area (Å²) in [4.78, 5) is 30.2. The molecule has 9 nitrogen and oxygen atoms in total. The fourth-order valence-corrected chi connectivity index (χ4v) is 4.77. The van der Waals surface area contributed by atoms with Gasteiger partial charge in [-0.1, -0.05) is 54.5 Å². The summed E-state index contributed by atoms with van der Waals surface area (Å²) in [6, 6.07) is 14.7. The number of urea groups is 1. The number of carbonyl (C=O) groups excluding carboxylic acids is 2. The van der Waals surface area contributed by atoms with Crippen molar-refractivity contribution in [1.82, 2.24) is 15.0 Å². The number of hydrogen-bond acceptors (Lipinski definition) is 6. The lowest BCUT2D eigenvalue weighted by Gasteiger charge is -2.35. The van der Waals surface area contributed by atoms with E-state index in [4.69, 9.17) is 9.26 Å². The standard InChI is InChI=1S/C29H36N4O5/c1-18-14-33(19(2)16-34)28(35)25-13-9-8-12-24(25)23-11-7-6-10-22(23)17-37-26(18)15-32(5)29(36)30-27-20(3)31-38-21(27)4/h6-13,18-19,26,34H,14-17H2,1-5H3,(H,30,36)/t18-,19+,26-/m0/s1. The van der Waals surface area contributed by atoms with Crippen LogP contribution in [-0.2, 0) is 11.3 Å². The number of amides is 3. The summed E-state index contributed by atoms with van der Waals surface area (Å²) in [5.74, 6) is 0.251. The maximum absolute atomic E-state index is 13.9. The van der Waals surface area contributed by atoms with Gasteiger partial charge in [0.15, 0.2) is 5.76 Å². The summed E-state index contributed by atoms with van der Waals surface area (Å²) in [6.45, 7) is 8.16. The molecule has 9 heteroatoms. The topological polar surface area (TPSA) is 108 Å². The van der Waals surface area contributed by atoms with Gasteiger partial charge in [0.25, 0.3) is 5.91 Å². The summed E-state index contributed by atoms with van der Waals surface area (Å²) < 4.78 is 11.6. The first-order valence-corrected chi connectivity index (χ1v) is 12.9. The molecule has 2 aromatic carbocycles. The van der Waals surface area contributed by atoms with E-state index in [1.807, 2.05) is 62.4 Å². The number of anilines is 1. The molecule has 0 bridgehead atoms. The third-order valence-corrected chi connectivity index (χ3v) is 7.16. The van der Waals surface area contributed by atoms with Crippen molar-refractivity contribution in [3.63, 3.8) is 0 Å². The molecular formula is C29H36N4O5. The third-order valence-electron chi connectivity index (χ3n) is 7.16. The van der Waals surface area contributed by atoms with Gasteiger partial charge in [0.1, 0.15) is 11.4 Å². The van der Waals surface area contributed by atoms with Crippen molar-refractivity contribution in [3.8, 4) is 11.1 Å². The molecule has 4 rings (SSSR count). The van der Waals surface area contributed by atoms with E-state index in [2.05, 4.69) is 10.5 Å². The van der Waals surface area contributed by atoms with Gasteiger partial charge in [-0.3, -0.25) is 4.79 Å². The number of aliphatic hydroxyl groups is 1. The highest BCUT2D eigenvalue weighted by molar-refractivity contribution is 6.01. The van der Waals surface area contributed by atoms with Crippen molar-refractivity contribution >= 4 is 17.6 Å². The van der Waals surface area contributed by atoms with Crippen LogP contribution < -0.4 is 5.32 Å². The normalized spacial score (nSPS) is 18.7. The molecule has 3 aromatic rings. The van der Waals surface area contributed by atoms with Gasteiger partial charge in [0.05, 0.1) is 25.4 Å². The van der Waals surface area contributed by atoms with E-state index in [0.29, 0.717) is 42.4 Å². The van der Waals surface area contributed by atoms with Crippen LogP contribution in [0.1, 0.15) is 41.2 Å². The van der Waals surface area contributed by atoms with Crippen molar-refractivity contribution in [1.29, 1.82) is 0 Å². The first-order valence-electron chi connectivity index (χ1n) is 12.9. The van der Waals surface area contributed by atoms with Crippen molar-refractivity contribution < 1.29 is 24.0 Å². The lowest BCUT2D eigenvalue weighted by molar-refractivity contribution is -0.0178. The van der Waals surface area contributed by atoms with Crippen molar-refractivity contribution in [2.45, 2.75) is 46.4 Å². The molecule has 0 saturated heterocycles. The Morgan fingerprint density at radius 1 is 1.16 bits per heavy atom. The Labute approximate surface area is 223 Å². The molecule has 1 aromatic heterocycles. The molecule has 0 spiro atoms. The number of aryl methyl sites for hydroxylation is 2. The summed E-state index contributed by atoms with van der Waals surface area (Å²) in [7, 11) is 1.71. The minimum atomic E-state index is -0.393. The molecule has 1 aliphatic rings. The van der Waals surface area contributed by atoms with E-state index in [0.717, 1.165) is 16.7 Å². The van der Waals surface area contributed by atoms with Crippen molar-refractivity contribution in [2.24, 2.45) is 5.92 Å². The molecule has 0 fully saturated rings. The Morgan fingerprint density at radius 3 is 2.47 bits per heavy atom. The van der Waals surface area contributed by atoms with E-state index >= 15 is 0 Å². The van der Waals surface area contributed by atoms with Gasteiger partial charge >= 0.3 is 6.03 Å². The first kappa shape index (κ1) is 27.3. The monoisotopic (exact) mass is 520 g/mol. The number of rotatable bonds is 5. The molecule has 0 unspecified atom stereocenters. The molecule has 3 atom stereocenters. The molecular weight excluding hydrogens is 484 g/mol. The van der Waals surface area contributed by atoms with Crippen LogP contribution in [0.3, 0.4) is 0 Å². The lowest BCUT2D eigenvalue weighted by atomic mass is 9.94. The molecule has 2 N–H and O–H groups in total. The van der Waals surface area contributed by atoms with E-state index in [1.54, 1.807) is 30.7 Å². The zero-order chi connectivity index (χ0) is 27.4. The summed E-state index contributed by atoms with van der Waals surface area (Å²) >= 11 is 0. The highest BCUT2D eigenvalue weighted by Gasteiger charge is 2.31. The number of benzene rings is 2. The Kier molecular flexibility index (Phi) is 8.48. The Hall–Kier alpha value is -3.69. The highest BCUT2D eigenvalue weighted by atomic mass is 16.5. The average Bonchev–Trinajstić information content (AvgIpc) is 3.24. The second-order valence-corrected chi connectivity index (χ2v) is 10.0. The second-order valence-electron chi connectivity index (χ2n) is 10.0. The van der Waals surface area contributed by atoms with E-state index in [-0.39, 0.29) is 30.6 Å². The van der Waals surface area contributed by atoms with Crippen LogP contribution in [0.4, 0.5) is 10.5 Å².